The lowest BCUT2D eigenvalue weighted by molar-refractivity contribution is 0.220. The van der Waals surface area contributed by atoms with E-state index in [2.05, 4.69) is 83.0 Å². The second kappa shape index (κ2) is 7.46. The highest BCUT2D eigenvalue weighted by molar-refractivity contribution is 5.33. The molecule has 2 aromatic heterocycles. The highest BCUT2D eigenvalue weighted by Crippen LogP contribution is 2.33. The lowest BCUT2D eigenvalue weighted by Gasteiger charge is -2.31. The number of aryl methyl sites for hydroxylation is 1. The number of rotatable bonds is 4. The van der Waals surface area contributed by atoms with Gasteiger partial charge >= 0.3 is 0 Å². The summed E-state index contributed by atoms with van der Waals surface area (Å²) in [6.45, 7) is 7.64. The van der Waals surface area contributed by atoms with Gasteiger partial charge in [-0.1, -0.05) is 38.1 Å². The molecule has 3 heterocycles. The molecule has 0 spiro atoms. The molecule has 1 aromatic carbocycles. The normalized spacial score (nSPS) is 17.9. The fraction of sp³-hybridized carbons (Fsp3) is 0.348. The van der Waals surface area contributed by atoms with Crippen molar-refractivity contribution in [1.29, 1.82) is 0 Å². The second-order valence-corrected chi connectivity index (χ2v) is 7.53. The molecule has 26 heavy (non-hydrogen) atoms. The van der Waals surface area contributed by atoms with Crippen molar-refractivity contribution >= 4 is 0 Å². The number of benzene rings is 1. The number of aromatic nitrogens is 2. The van der Waals surface area contributed by atoms with E-state index in [9.17, 15) is 0 Å². The van der Waals surface area contributed by atoms with Gasteiger partial charge in [0.05, 0.1) is 6.04 Å². The molecule has 0 saturated heterocycles. The summed E-state index contributed by atoms with van der Waals surface area (Å²) in [7, 11) is 0. The van der Waals surface area contributed by atoms with Crippen LogP contribution in [-0.4, -0.2) is 21.0 Å². The van der Waals surface area contributed by atoms with Gasteiger partial charge in [-0.05, 0) is 53.3 Å². The fourth-order valence-corrected chi connectivity index (χ4v) is 3.98. The molecule has 3 nitrogen and oxygen atoms in total. The largest absolute Gasteiger partial charge is 0.350 e. The van der Waals surface area contributed by atoms with Crippen molar-refractivity contribution in [2.75, 3.05) is 6.54 Å². The Labute approximate surface area is 156 Å². The van der Waals surface area contributed by atoms with E-state index < -0.39 is 0 Å². The van der Waals surface area contributed by atoms with Crippen LogP contribution >= 0.6 is 0 Å². The fourth-order valence-electron chi connectivity index (χ4n) is 3.98. The standard InChI is InChI=1S/C23H27N3/c1-18(2)20-6-8-21(9-7-20)23-22-5-3-14-25(22)15-4-16-26(23)17-19-10-12-24-13-11-19/h3,5-14,18,23H,4,15-17H2,1-2H3. The number of nitrogens with zero attached hydrogens (tertiary/aromatic N) is 3. The van der Waals surface area contributed by atoms with E-state index >= 15 is 0 Å². The average molecular weight is 345 g/mol. The molecule has 0 saturated carbocycles. The van der Waals surface area contributed by atoms with E-state index in [4.69, 9.17) is 0 Å². The molecule has 0 amide bonds. The number of hydrogen-bond acceptors (Lipinski definition) is 2. The quantitative estimate of drug-likeness (QED) is 0.663. The van der Waals surface area contributed by atoms with Crippen LogP contribution < -0.4 is 0 Å². The van der Waals surface area contributed by atoms with E-state index in [0.29, 0.717) is 12.0 Å². The van der Waals surface area contributed by atoms with Gasteiger partial charge in [-0.25, -0.2) is 0 Å². The summed E-state index contributed by atoms with van der Waals surface area (Å²) in [6.07, 6.45) is 7.18. The van der Waals surface area contributed by atoms with E-state index in [1.54, 1.807) is 0 Å². The van der Waals surface area contributed by atoms with Gasteiger partial charge in [0.2, 0.25) is 0 Å². The van der Waals surface area contributed by atoms with Gasteiger partial charge in [-0.2, -0.15) is 0 Å². The van der Waals surface area contributed by atoms with Gasteiger partial charge in [0, 0.05) is 43.9 Å². The molecule has 0 fully saturated rings. The van der Waals surface area contributed by atoms with Crippen LogP contribution in [0.4, 0.5) is 0 Å². The average Bonchev–Trinajstić information content (AvgIpc) is 3.04. The third-order valence-corrected chi connectivity index (χ3v) is 5.41. The molecule has 0 bridgehead atoms. The minimum absolute atomic E-state index is 0.293. The van der Waals surface area contributed by atoms with Gasteiger partial charge in [-0.3, -0.25) is 9.88 Å². The molecule has 0 radical (unpaired) electrons. The van der Waals surface area contributed by atoms with Crippen LogP contribution in [0.5, 0.6) is 0 Å². The Hall–Kier alpha value is -2.39. The van der Waals surface area contributed by atoms with Crippen molar-refractivity contribution < 1.29 is 0 Å². The Bertz CT molecular complexity index is 833. The Morgan fingerprint density at radius 3 is 2.50 bits per heavy atom. The third-order valence-electron chi connectivity index (χ3n) is 5.41. The first-order chi connectivity index (χ1) is 12.7. The molecular formula is C23H27N3. The molecule has 0 N–H and O–H groups in total. The van der Waals surface area contributed by atoms with Gasteiger partial charge < -0.3 is 4.57 Å². The highest BCUT2D eigenvalue weighted by Gasteiger charge is 2.27. The molecule has 134 valence electrons. The molecule has 1 atom stereocenters. The number of hydrogen-bond donors (Lipinski definition) is 0. The SMILES string of the molecule is CC(C)c1ccc(C2c3cccn3CCCN2Cc2ccncc2)cc1. The van der Waals surface area contributed by atoms with Crippen molar-refractivity contribution in [1.82, 2.24) is 14.5 Å². The van der Waals surface area contributed by atoms with E-state index in [-0.39, 0.29) is 0 Å². The lowest BCUT2D eigenvalue weighted by atomic mass is 9.96. The van der Waals surface area contributed by atoms with Crippen LogP contribution in [0.3, 0.4) is 0 Å². The molecule has 1 unspecified atom stereocenters. The predicted octanol–water partition coefficient (Wildman–Crippen LogP) is 5.00. The monoisotopic (exact) mass is 345 g/mol. The summed E-state index contributed by atoms with van der Waals surface area (Å²) in [5, 5.41) is 0. The maximum absolute atomic E-state index is 4.17. The summed E-state index contributed by atoms with van der Waals surface area (Å²) in [4.78, 5) is 6.78. The van der Waals surface area contributed by atoms with Crippen molar-refractivity contribution in [3.8, 4) is 0 Å². The van der Waals surface area contributed by atoms with Crippen LogP contribution in [0, 0.1) is 0 Å². The molecule has 3 aromatic rings. The summed E-state index contributed by atoms with van der Waals surface area (Å²) in [6, 6.07) is 18.2. The molecule has 1 aliphatic heterocycles. The maximum atomic E-state index is 4.17. The summed E-state index contributed by atoms with van der Waals surface area (Å²) in [5.41, 5.74) is 5.50. The number of pyridine rings is 1. The lowest BCUT2D eigenvalue weighted by Crippen LogP contribution is -2.29. The molecular weight excluding hydrogens is 318 g/mol. The van der Waals surface area contributed by atoms with Crippen molar-refractivity contribution in [2.45, 2.75) is 45.3 Å². The van der Waals surface area contributed by atoms with Crippen molar-refractivity contribution in [3.63, 3.8) is 0 Å². The van der Waals surface area contributed by atoms with E-state index in [0.717, 1.165) is 19.6 Å². The molecule has 4 rings (SSSR count). The highest BCUT2D eigenvalue weighted by atomic mass is 15.2. The van der Waals surface area contributed by atoms with Gasteiger partial charge in [-0.15, -0.1) is 0 Å². The van der Waals surface area contributed by atoms with Crippen molar-refractivity contribution in [3.05, 3.63) is 89.5 Å². The summed E-state index contributed by atoms with van der Waals surface area (Å²) in [5.74, 6) is 0.565. The van der Waals surface area contributed by atoms with Crippen LogP contribution in [-0.2, 0) is 13.1 Å². The smallest absolute Gasteiger partial charge is 0.0759 e. The Morgan fingerprint density at radius 1 is 1.00 bits per heavy atom. The first-order valence-corrected chi connectivity index (χ1v) is 9.60. The molecule has 1 aliphatic rings. The van der Waals surface area contributed by atoms with Crippen LogP contribution in [0.1, 0.15) is 54.6 Å². The van der Waals surface area contributed by atoms with Gasteiger partial charge in [0.25, 0.3) is 0 Å². The number of fused-ring (bicyclic) bond motifs is 1. The first-order valence-electron chi connectivity index (χ1n) is 9.60. The summed E-state index contributed by atoms with van der Waals surface area (Å²) >= 11 is 0. The Kier molecular flexibility index (Phi) is 4.89. The zero-order valence-corrected chi connectivity index (χ0v) is 15.7. The van der Waals surface area contributed by atoms with Crippen LogP contribution in [0.25, 0.3) is 0 Å². The third kappa shape index (κ3) is 3.45. The molecule has 3 heteroatoms. The molecule has 0 aliphatic carbocycles. The minimum Gasteiger partial charge on any atom is -0.350 e. The second-order valence-electron chi connectivity index (χ2n) is 7.53. The minimum atomic E-state index is 0.293. The van der Waals surface area contributed by atoms with Gasteiger partial charge in [0.1, 0.15) is 0 Å². The van der Waals surface area contributed by atoms with Crippen molar-refractivity contribution in [2.24, 2.45) is 0 Å². The predicted molar refractivity (Wildman–Crippen MR) is 106 cm³/mol. The first kappa shape index (κ1) is 17.0. The topological polar surface area (TPSA) is 21.1 Å². The maximum Gasteiger partial charge on any atom is 0.0759 e. The zero-order chi connectivity index (χ0) is 17.9. The van der Waals surface area contributed by atoms with Crippen LogP contribution in [0.2, 0.25) is 0 Å². The summed E-state index contributed by atoms with van der Waals surface area (Å²) < 4.78 is 2.42. The zero-order valence-electron chi connectivity index (χ0n) is 15.7. The van der Waals surface area contributed by atoms with Crippen LogP contribution in [0.15, 0.2) is 67.1 Å². The van der Waals surface area contributed by atoms with Gasteiger partial charge in [0.15, 0.2) is 0 Å². The Balaban J connectivity index is 1.72. The van der Waals surface area contributed by atoms with E-state index in [1.165, 1.54) is 28.8 Å². The van der Waals surface area contributed by atoms with E-state index in [1.807, 2.05) is 12.4 Å². The Morgan fingerprint density at radius 2 is 1.77 bits per heavy atom.